The minimum atomic E-state index is -0.821. The van der Waals surface area contributed by atoms with Crippen LogP contribution in [0.4, 0.5) is 4.79 Å². The van der Waals surface area contributed by atoms with E-state index in [9.17, 15) is 14.4 Å². The van der Waals surface area contributed by atoms with E-state index < -0.39 is 30.2 Å². The average Bonchev–Trinajstić information content (AvgIpc) is 2.31. The second kappa shape index (κ2) is 9.17. The van der Waals surface area contributed by atoms with Gasteiger partial charge in [0.05, 0.1) is 5.41 Å². The molecule has 7 heteroatoms. The Hall–Kier alpha value is -1.79. The van der Waals surface area contributed by atoms with Crippen LogP contribution in [0.1, 0.15) is 46.5 Å². The minimum Gasteiger partial charge on any atom is -0.481 e. The van der Waals surface area contributed by atoms with E-state index >= 15 is 0 Å². The first kappa shape index (κ1) is 18.2. The number of carboxylic acids is 1. The molecule has 0 fully saturated rings. The zero-order chi connectivity index (χ0) is 15.6. The van der Waals surface area contributed by atoms with E-state index in [1.165, 1.54) is 0 Å². The van der Waals surface area contributed by atoms with E-state index in [4.69, 9.17) is 9.84 Å². The molecule has 0 saturated heterocycles. The van der Waals surface area contributed by atoms with Gasteiger partial charge in [-0.25, -0.2) is 4.79 Å². The first-order chi connectivity index (χ1) is 9.23. The van der Waals surface area contributed by atoms with Crippen molar-refractivity contribution in [2.45, 2.75) is 46.5 Å². The normalized spacial score (nSPS) is 10.8. The second-order valence-electron chi connectivity index (χ2n) is 5.36. The van der Waals surface area contributed by atoms with E-state index in [1.807, 2.05) is 0 Å². The van der Waals surface area contributed by atoms with Crippen molar-refractivity contribution in [1.82, 2.24) is 5.32 Å². The molecule has 0 aliphatic rings. The molecule has 116 valence electrons. The van der Waals surface area contributed by atoms with Crippen LogP contribution >= 0.6 is 0 Å². The molecule has 20 heavy (non-hydrogen) atoms. The summed E-state index contributed by atoms with van der Waals surface area (Å²) in [5.41, 5.74) is -0.635. The number of amides is 1. The van der Waals surface area contributed by atoms with Crippen LogP contribution in [0, 0.1) is 5.41 Å². The summed E-state index contributed by atoms with van der Waals surface area (Å²) in [7, 11) is 0. The fraction of sp³-hybridized carbons (Fsp3) is 0.769. The fourth-order valence-corrected chi connectivity index (χ4v) is 1.17. The number of hydrogen-bond donors (Lipinski definition) is 2. The number of carbonyl (C=O) groups excluding carboxylic acids is 2. The molecule has 0 aromatic carbocycles. The molecule has 0 radical (unpaired) electrons. The second-order valence-corrected chi connectivity index (χ2v) is 5.36. The van der Waals surface area contributed by atoms with Gasteiger partial charge >= 0.3 is 18.0 Å². The van der Waals surface area contributed by atoms with E-state index in [2.05, 4.69) is 10.1 Å². The fourth-order valence-electron chi connectivity index (χ4n) is 1.17. The Morgan fingerprint density at radius 2 is 1.70 bits per heavy atom. The van der Waals surface area contributed by atoms with Gasteiger partial charge in [0.15, 0.2) is 0 Å². The number of hydrogen-bond acceptors (Lipinski definition) is 5. The lowest BCUT2D eigenvalue weighted by molar-refractivity contribution is -0.161. The molecule has 0 saturated carbocycles. The highest BCUT2D eigenvalue weighted by Gasteiger charge is 2.23. The monoisotopic (exact) mass is 289 g/mol. The number of alkyl carbamates (subject to hydrolysis) is 1. The predicted octanol–water partition coefficient (Wildman–Crippen LogP) is 1.90. The van der Waals surface area contributed by atoms with Crippen LogP contribution in [0.2, 0.25) is 0 Å². The Labute approximate surface area is 118 Å². The van der Waals surface area contributed by atoms with Crippen LogP contribution in [0.25, 0.3) is 0 Å². The summed E-state index contributed by atoms with van der Waals surface area (Å²) in [6.07, 6.45) is 1.43. The molecule has 0 spiro atoms. The number of aliphatic carboxylic acids is 1. The molecular weight excluding hydrogens is 266 g/mol. The van der Waals surface area contributed by atoms with Gasteiger partial charge in [0.2, 0.25) is 6.79 Å². The van der Waals surface area contributed by atoms with Crippen molar-refractivity contribution < 1.29 is 29.0 Å². The van der Waals surface area contributed by atoms with E-state index in [-0.39, 0.29) is 6.42 Å². The molecule has 0 aliphatic heterocycles. The number of carboxylic acid groups (broad SMARTS) is 1. The number of rotatable bonds is 8. The Kier molecular flexibility index (Phi) is 8.35. The molecule has 0 aromatic heterocycles. The van der Waals surface area contributed by atoms with Gasteiger partial charge in [-0.05, 0) is 33.6 Å². The maximum absolute atomic E-state index is 11.4. The maximum atomic E-state index is 11.4. The molecule has 0 aliphatic carbocycles. The highest BCUT2D eigenvalue weighted by molar-refractivity contribution is 5.75. The molecular formula is C13H23NO6. The quantitative estimate of drug-likeness (QED) is 0.402. The number of ether oxygens (including phenoxy) is 2. The Balaban J connectivity index is 3.51. The van der Waals surface area contributed by atoms with E-state index in [0.717, 1.165) is 0 Å². The number of carbonyl (C=O) groups is 3. The standard InChI is InChI=1S/C13H23NO6/c1-13(2,3)11(17)19-9-20-12(18)14-8-6-4-5-7-10(15)16/h4-9H2,1-3H3,(H,14,18)(H,15,16). The third-order valence-corrected chi connectivity index (χ3v) is 2.33. The van der Waals surface area contributed by atoms with Gasteiger partial charge in [-0.3, -0.25) is 9.59 Å². The third-order valence-electron chi connectivity index (χ3n) is 2.33. The Morgan fingerprint density at radius 3 is 2.25 bits per heavy atom. The maximum Gasteiger partial charge on any atom is 0.410 e. The van der Waals surface area contributed by atoms with Gasteiger partial charge in [0.25, 0.3) is 0 Å². The predicted molar refractivity (Wildman–Crippen MR) is 71.0 cm³/mol. The molecule has 2 N–H and O–H groups in total. The lowest BCUT2D eigenvalue weighted by Crippen LogP contribution is -2.29. The van der Waals surface area contributed by atoms with Crippen LogP contribution < -0.4 is 5.32 Å². The molecule has 1 amide bonds. The van der Waals surface area contributed by atoms with Crippen LogP contribution in [0.15, 0.2) is 0 Å². The lowest BCUT2D eigenvalue weighted by Gasteiger charge is -2.16. The SMILES string of the molecule is CC(C)(C)C(=O)OCOC(=O)NCCCCCC(=O)O. The summed E-state index contributed by atoms with van der Waals surface area (Å²) in [6.45, 7) is 5.08. The first-order valence-corrected chi connectivity index (χ1v) is 6.53. The van der Waals surface area contributed by atoms with Crippen LogP contribution in [0.5, 0.6) is 0 Å². The molecule has 0 rings (SSSR count). The Morgan fingerprint density at radius 1 is 1.05 bits per heavy atom. The van der Waals surface area contributed by atoms with Crippen LogP contribution in [-0.2, 0) is 19.1 Å². The van der Waals surface area contributed by atoms with Gasteiger partial charge in [0.1, 0.15) is 0 Å². The summed E-state index contributed by atoms with van der Waals surface area (Å²) in [4.78, 5) is 32.8. The van der Waals surface area contributed by atoms with Gasteiger partial charge in [-0.15, -0.1) is 0 Å². The van der Waals surface area contributed by atoms with Crippen molar-refractivity contribution in [2.75, 3.05) is 13.3 Å². The summed E-state index contributed by atoms with van der Waals surface area (Å²) in [5.74, 6) is -1.27. The minimum absolute atomic E-state index is 0.132. The molecule has 0 aromatic rings. The number of nitrogens with one attached hydrogen (secondary N) is 1. The first-order valence-electron chi connectivity index (χ1n) is 6.53. The highest BCUT2D eigenvalue weighted by atomic mass is 16.7. The van der Waals surface area contributed by atoms with Gasteiger partial charge in [-0.2, -0.15) is 0 Å². The number of unbranched alkanes of at least 4 members (excludes halogenated alkanes) is 2. The summed E-state index contributed by atoms with van der Waals surface area (Å²) >= 11 is 0. The van der Waals surface area contributed by atoms with Crippen molar-refractivity contribution in [2.24, 2.45) is 5.41 Å². The highest BCUT2D eigenvalue weighted by Crippen LogP contribution is 2.14. The van der Waals surface area contributed by atoms with Gasteiger partial charge in [0, 0.05) is 13.0 Å². The smallest absolute Gasteiger partial charge is 0.410 e. The average molecular weight is 289 g/mol. The topological polar surface area (TPSA) is 102 Å². The molecule has 0 unspecified atom stereocenters. The van der Waals surface area contributed by atoms with Crippen molar-refractivity contribution in [1.29, 1.82) is 0 Å². The van der Waals surface area contributed by atoms with Crippen molar-refractivity contribution in [3.8, 4) is 0 Å². The Bertz CT molecular complexity index is 334. The van der Waals surface area contributed by atoms with Crippen molar-refractivity contribution >= 4 is 18.0 Å². The van der Waals surface area contributed by atoms with E-state index in [0.29, 0.717) is 25.8 Å². The summed E-state index contributed by atoms with van der Waals surface area (Å²) in [6, 6.07) is 0. The summed E-state index contributed by atoms with van der Waals surface area (Å²) in [5, 5.41) is 10.9. The van der Waals surface area contributed by atoms with Crippen LogP contribution in [0.3, 0.4) is 0 Å². The number of esters is 1. The lowest BCUT2D eigenvalue weighted by atomic mass is 9.98. The van der Waals surface area contributed by atoms with Gasteiger partial charge in [-0.1, -0.05) is 6.42 Å². The molecule has 0 bridgehead atoms. The van der Waals surface area contributed by atoms with Gasteiger partial charge < -0.3 is 19.9 Å². The zero-order valence-electron chi connectivity index (χ0n) is 12.2. The van der Waals surface area contributed by atoms with Crippen molar-refractivity contribution in [3.05, 3.63) is 0 Å². The van der Waals surface area contributed by atoms with E-state index in [1.54, 1.807) is 20.8 Å². The molecule has 7 nitrogen and oxygen atoms in total. The zero-order valence-corrected chi connectivity index (χ0v) is 12.2. The third kappa shape index (κ3) is 10.2. The van der Waals surface area contributed by atoms with Crippen molar-refractivity contribution in [3.63, 3.8) is 0 Å². The largest absolute Gasteiger partial charge is 0.481 e. The molecule has 0 atom stereocenters. The molecule has 0 heterocycles. The van der Waals surface area contributed by atoms with Crippen LogP contribution in [-0.4, -0.2) is 36.5 Å². The summed E-state index contributed by atoms with van der Waals surface area (Å²) < 4.78 is 9.43.